The highest BCUT2D eigenvalue weighted by molar-refractivity contribution is 6.07. The summed E-state index contributed by atoms with van der Waals surface area (Å²) < 4.78 is 22.5. The molecule has 0 saturated heterocycles. The number of nitrogen functional groups attached to an aromatic ring is 1. The number of aromatic nitrogens is 5. The highest BCUT2D eigenvalue weighted by Crippen LogP contribution is 2.34. The predicted molar refractivity (Wildman–Crippen MR) is 158 cm³/mol. The number of amides is 1. The van der Waals surface area contributed by atoms with Crippen LogP contribution in [-0.4, -0.2) is 36.5 Å². The van der Waals surface area contributed by atoms with Crippen molar-refractivity contribution >= 4 is 39.9 Å². The van der Waals surface area contributed by atoms with Gasteiger partial charge >= 0.3 is 0 Å². The van der Waals surface area contributed by atoms with Crippen molar-refractivity contribution in [3.8, 4) is 22.6 Å². The van der Waals surface area contributed by atoms with E-state index in [4.69, 9.17) is 10.5 Å². The molecule has 210 valence electrons. The normalized spacial score (nSPS) is 13.5. The first-order chi connectivity index (χ1) is 20.5. The summed E-state index contributed by atoms with van der Waals surface area (Å²) in [5, 5.41) is 10.6. The molecule has 10 nitrogen and oxygen atoms in total. The monoisotopic (exact) mass is 562 g/mol. The molecule has 0 atom stereocenters. The lowest BCUT2D eigenvalue weighted by atomic mass is 10.0. The Bertz CT molecular complexity index is 1910. The third-order valence-corrected chi connectivity index (χ3v) is 7.50. The molecule has 5 N–H and O–H groups in total. The molecular formula is C31H27FN8O2. The second-order valence-corrected chi connectivity index (χ2v) is 10.3. The third kappa shape index (κ3) is 4.74. The van der Waals surface area contributed by atoms with Crippen molar-refractivity contribution in [1.29, 1.82) is 0 Å². The zero-order chi connectivity index (χ0) is 28.6. The summed E-state index contributed by atoms with van der Waals surface area (Å²) in [5.74, 6) is 0.558. The van der Waals surface area contributed by atoms with Gasteiger partial charge in [0, 0.05) is 23.5 Å². The van der Waals surface area contributed by atoms with Gasteiger partial charge in [-0.3, -0.25) is 4.79 Å². The summed E-state index contributed by atoms with van der Waals surface area (Å²) >= 11 is 0. The molecular weight excluding hydrogens is 535 g/mol. The number of carbonyl (C=O) groups excluding carboxylic acids is 1. The van der Waals surface area contributed by atoms with Gasteiger partial charge in [0.1, 0.15) is 23.1 Å². The van der Waals surface area contributed by atoms with Crippen LogP contribution in [0.4, 0.5) is 21.8 Å². The van der Waals surface area contributed by atoms with Crippen LogP contribution in [0.5, 0.6) is 11.5 Å². The number of nitrogens with two attached hydrogens (primary N) is 1. The molecule has 1 aliphatic rings. The van der Waals surface area contributed by atoms with Crippen LogP contribution in [0.15, 0.2) is 79.3 Å². The third-order valence-electron chi connectivity index (χ3n) is 7.50. The fourth-order valence-corrected chi connectivity index (χ4v) is 5.47. The van der Waals surface area contributed by atoms with E-state index in [0.29, 0.717) is 39.5 Å². The second-order valence-electron chi connectivity index (χ2n) is 10.3. The zero-order valence-electron chi connectivity index (χ0n) is 22.5. The van der Waals surface area contributed by atoms with E-state index in [9.17, 15) is 4.79 Å². The van der Waals surface area contributed by atoms with Crippen LogP contribution in [-0.2, 0) is 0 Å². The number of halogens is 1. The first kappa shape index (κ1) is 25.5. The number of carbonyl (C=O) groups is 1. The molecule has 0 bridgehead atoms. The average molecular weight is 563 g/mol. The lowest BCUT2D eigenvalue weighted by molar-refractivity contribution is 0.0938. The highest BCUT2D eigenvalue weighted by atomic mass is 19.1. The van der Waals surface area contributed by atoms with E-state index in [-0.39, 0.29) is 29.0 Å². The molecule has 7 rings (SSSR count). The molecule has 42 heavy (non-hydrogen) atoms. The maximum absolute atomic E-state index is 15.2. The summed E-state index contributed by atoms with van der Waals surface area (Å²) in [4.78, 5) is 25.0. The Morgan fingerprint density at radius 2 is 1.83 bits per heavy atom. The molecule has 6 aromatic rings. The number of para-hydroxylation sites is 1. The smallest absolute Gasteiger partial charge is 0.253 e. The number of ether oxygens (including phenoxy) is 1. The maximum atomic E-state index is 15.2. The van der Waals surface area contributed by atoms with E-state index < -0.39 is 5.82 Å². The van der Waals surface area contributed by atoms with E-state index in [1.165, 1.54) is 6.33 Å². The number of nitrogens with one attached hydrogen (secondary N) is 3. The van der Waals surface area contributed by atoms with E-state index in [1.54, 1.807) is 35.0 Å². The Balaban J connectivity index is 1.16. The minimum absolute atomic E-state index is 0.0897. The Kier molecular flexibility index (Phi) is 6.38. The fourth-order valence-electron chi connectivity index (χ4n) is 5.47. The van der Waals surface area contributed by atoms with E-state index in [1.807, 2.05) is 42.5 Å². The molecule has 0 spiro atoms. The number of H-pyrrole nitrogens is 1. The second kappa shape index (κ2) is 10.5. The lowest BCUT2D eigenvalue weighted by Crippen LogP contribution is -2.32. The van der Waals surface area contributed by atoms with Crippen LogP contribution >= 0.6 is 0 Å². The van der Waals surface area contributed by atoms with Gasteiger partial charge in [-0.2, -0.15) is 5.10 Å². The van der Waals surface area contributed by atoms with Crippen molar-refractivity contribution in [3.05, 3.63) is 90.6 Å². The number of rotatable bonds is 7. The topological polar surface area (TPSA) is 135 Å². The number of nitrogens with zero attached hydrogens (tertiary/aromatic N) is 4. The lowest BCUT2D eigenvalue weighted by Gasteiger charge is -2.13. The molecule has 1 fully saturated rings. The van der Waals surface area contributed by atoms with Crippen LogP contribution in [0.25, 0.3) is 27.7 Å². The summed E-state index contributed by atoms with van der Waals surface area (Å²) in [6, 6.07) is 19.9. The number of benzene rings is 3. The standard InChI is InChI=1S/C31H27FN8O2/c32-26-24(42-21-8-2-1-3-9-21)15-14-23-27(26)39-31(38-23)37-20-12-10-18(11-13-20)25-22(30(41)36-19-6-4-5-7-19)16-40-28(25)29(33)34-17-35-40/h1-3,8-17,19H,4-7H2,(H,36,41)(H2,33,34,35)(H2,37,38,39). The van der Waals surface area contributed by atoms with Crippen molar-refractivity contribution in [2.45, 2.75) is 31.7 Å². The van der Waals surface area contributed by atoms with Gasteiger partial charge in [-0.05, 0) is 54.8 Å². The maximum Gasteiger partial charge on any atom is 0.253 e. The van der Waals surface area contributed by atoms with Gasteiger partial charge < -0.3 is 26.1 Å². The summed E-state index contributed by atoms with van der Waals surface area (Å²) in [6.07, 6.45) is 7.24. The van der Waals surface area contributed by atoms with E-state index in [2.05, 4.69) is 30.7 Å². The first-order valence-electron chi connectivity index (χ1n) is 13.7. The Labute approximate surface area is 239 Å². The Morgan fingerprint density at radius 1 is 1.05 bits per heavy atom. The van der Waals surface area contributed by atoms with Crippen molar-refractivity contribution < 1.29 is 13.9 Å². The zero-order valence-corrected chi connectivity index (χ0v) is 22.5. The molecule has 3 heterocycles. The van der Waals surface area contributed by atoms with Crippen molar-refractivity contribution in [2.75, 3.05) is 11.1 Å². The molecule has 0 radical (unpaired) electrons. The van der Waals surface area contributed by atoms with Gasteiger partial charge in [-0.1, -0.05) is 43.2 Å². The van der Waals surface area contributed by atoms with Gasteiger partial charge in [0.25, 0.3) is 5.91 Å². The number of imidazole rings is 1. The van der Waals surface area contributed by atoms with E-state index >= 15 is 4.39 Å². The summed E-state index contributed by atoms with van der Waals surface area (Å²) in [5.41, 5.74) is 10.1. The average Bonchev–Trinajstić information content (AvgIpc) is 3.75. The quantitative estimate of drug-likeness (QED) is 0.182. The Hall–Kier alpha value is -5.45. The SMILES string of the molecule is Nc1ncnn2cc(C(=O)NC3CCCC3)c(-c3ccc(Nc4nc5c(F)c(Oc6ccccc6)ccc5[nH]4)cc3)c12. The molecule has 3 aromatic heterocycles. The Morgan fingerprint density at radius 3 is 2.62 bits per heavy atom. The van der Waals surface area contributed by atoms with Crippen LogP contribution in [0.2, 0.25) is 0 Å². The summed E-state index contributed by atoms with van der Waals surface area (Å²) in [7, 11) is 0. The molecule has 3 aromatic carbocycles. The van der Waals surface area contributed by atoms with Crippen molar-refractivity contribution in [2.24, 2.45) is 0 Å². The largest absolute Gasteiger partial charge is 0.454 e. The number of fused-ring (bicyclic) bond motifs is 2. The van der Waals surface area contributed by atoms with Crippen LogP contribution in [0, 0.1) is 5.82 Å². The van der Waals surface area contributed by atoms with Gasteiger partial charge in [-0.25, -0.2) is 18.9 Å². The fraction of sp³-hybridized carbons (Fsp3) is 0.161. The molecule has 1 amide bonds. The van der Waals surface area contributed by atoms with Gasteiger partial charge in [0.2, 0.25) is 5.95 Å². The van der Waals surface area contributed by atoms with Crippen LogP contribution in [0.1, 0.15) is 36.0 Å². The van der Waals surface area contributed by atoms with Crippen LogP contribution in [0.3, 0.4) is 0 Å². The molecule has 11 heteroatoms. The van der Waals surface area contributed by atoms with Gasteiger partial charge in [-0.15, -0.1) is 0 Å². The van der Waals surface area contributed by atoms with Crippen molar-refractivity contribution in [1.82, 2.24) is 29.9 Å². The predicted octanol–water partition coefficient (Wildman–Crippen LogP) is 6.20. The first-order valence-corrected chi connectivity index (χ1v) is 13.7. The van der Waals surface area contributed by atoms with Gasteiger partial charge in [0.05, 0.1) is 11.1 Å². The van der Waals surface area contributed by atoms with Gasteiger partial charge in [0.15, 0.2) is 17.4 Å². The number of anilines is 3. The number of hydrogen-bond donors (Lipinski definition) is 4. The molecule has 0 unspecified atom stereocenters. The number of hydrogen-bond acceptors (Lipinski definition) is 7. The minimum Gasteiger partial charge on any atom is -0.454 e. The molecule has 1 aliphatic carbocycles. The van der Waals surface area contributed by atoms with E-state index in [0.717, 1.165) is 31.2 Å². The molecule has 1 saturated carbocycles. The number of aromatic amines is 1. The molecule has 0 aliphatic heterocycles. The summed E-state index contributed by atoms with van der Waals surface area (Å²) in [6.45, 7) is 0. The minimum atomic E-state index is -0.556. The highest BCUT2D eigenvalue weighted by Gasteiger charge is 2.24. The van der Waals surface area contributed by atoms with Crippen molar-refractivity contribution in [3.63, 3.8) is 0 Å². The van der Waals surface area contributed by atoms with Crippen LogP contribution < -0.4 is 21.1 Å².